The van der Waals surface area contributed by atoms with E-state index in [0.29, 0.717) is 6.04 Å². The maximum atomic E-state index is 10.8. The molecule has 112 valence electrons. The van der Waals surface area contributed by atoms with E-state index < -0.39 is 0 Å². The van der Waals surface area contributed by atoms with E-state index in [4.69, 9.17) is 4.98 Å². The first-order chi connectivity index (χ1) is 10.3. The number of aldehydes is 1. The molecular weight excluding hydrogens is 284 g/mol. The Bertz CT molecular complexity index is 642. The lowest BCUT2D eigenvalue weighted by Crippen LogP contribution is -2.34. The Morgan fingerprint density at radius 1 is 1.43 bits per heavy atom. The first-order valence-corrected chi connectivity index (χ1v) is 8.07. The maximum Gasteiger partial charge on any atom is 0.160 e. The zero-order valence-electron chi connectivity index (χ0n) is 12.1. The monoisotopic (exact) mass is 304 g/mol. The number of nitrogens with two attached hydrogens (primary N) is 1. The Hall–Kier alpha value is -1.50. The number of nitrogens with zero attached hydrogens (tertiary/aromatic N) is 2. The molecular formula is C15H20N4OS. The molecule has 5 nitrogen and oxygen atoms in total. The lowest BCUT2D eigenvalue weighted by atomic mass is 10.1. The normalized spacial score (nSPS) is 23.8. The number of carbonyl (C=O) groups is 1. The summed E-state index contributed by atoms with van der Waals surface area (Å²) in [5, 5.41) is 4.53. The van der Waals surface area contributed by atoms with Crippen LogP contribution in [0.3, 0.4) is 0 Å². The third kappa shape index (κ3) is 2.54. The van der Waals surface area contributed by atoms with Gasteiger partial charge in [-0.3, -0.25) is 4.79 Å². The van der Waals surface area contributed by atoms with Crippen molar-refractivity contribution in [3.63, 3.8) is 0 Å². The molecule has 0 radical (unpaired) electrons. The van der Waals surface area contributed by atoms with Crippen LogP contribution in [0.4, 0.5) is 5.82 Å². The molecule has 2 aliphatic rings. The van der Waals surface area contributed by atoms with Crippen molar-refractivity contribution >= 4 is 33.7 Å². The number of anilines is 1. The number of rotatable bonds is 2. The summed E-state index contributed by atoms with van der Waals surface area (Å²) in [5.74, 6) is 1.83. The number of fused-ring (bicyclic) bond motifs is 2. The van der Waals surface area contributed by atoms with Gasteiger partial charge in [-0.1, -0.05) is 0 Å². The van der Waals surface area contributed by atoms with E-state index in [-0.39, 0.29) is 0 Å². The highest BCUT2D eigenvalue weighted by Gasteiger charge is 2.38. The minimum atomic E-state index is 0.593. The van der Waals surface area contributed by atoms with E-state index in [9.17, 15) is 4.79 Å². The molecule has 2 fully saturated rings. The summed E-state index contributed by atoms with van der Waals surface area (Å²) in [4.78, 5) is 19.7. The highest BCUT2D eigenvalue weighted by Crippen LogP contribution is 2.33. The summed E-state index contributed by atoms with van der Waals surface area (Å²) < 4.78 is 0. The molecule has 2 aromatic heterocycles. The topological polar surface area (TPSA) is 71.2 Å². The van der Waals surface area contributed by atoms with Crippen LogP contribution in [0.1, 0.15) is 16.1 Å². The zero-order valence-corrected chi connectivity index (χ0v) is 12.9. The predicted octanol–water partition coefficient (Wildman–Crippen LogP) is 1.48. The fourth-order valence-electron chi connectivity index (χ4n) is 3.28. The van der Waals surface area contributed by atoms with Crippen molar-refractivity contribution in [3.8, 4) is 0 Å². The summed E-state index contributed by atoms with van der Waals surface area (Å²) in [7, 11) is 1.50. The van der Waals surface area contributed by atoms with Crippen molar-refractivity contribution in [1.82, 2.24) is 10.3 Å². The highest BCUT2D eigenvalue weighted by molar-refractivity contribution is 7.20. The zero-order chi connectivity index (χ0) is 14.8. The van der Waals surface area contributed by atoms with Gasteiger partial charge in [-0.25, -0.2) is 4.98 Å². The molecule has 0 saturated carbocycles. The molecule has 6 heteroatoms. The Kier molecular flexibility index (Phi) is 4.19. The first-order valence-electron chi connectivity index (χ1n) is 7.26. The van der Waals surface area contributed by atoms with E-state index in [1.54, 1.807) is 0 Å². The molecule has 21 heavy (non-hydrogen) atoms. The van der Waals surface area contributed by atoms with Gasteiger partial charge in [-0.15, -0.1) is 11.3 Å². The molecule has 0 bridgehead atoms. The molecule has 2 unspecified atom stereocenters. The SMILES string of the molecule is CN.O=Cc1cc2ccc(N3CCC4CNCC43)nc2s1. The van der Waals surface area contributed by atoms with Gasteiger partial charge in [0.1, 0.15) is 10.6 Å². The summed E-state index contributed by atoms with van der Waals surface area (Å²) in [6.45, 7) is 3.30. The third-order valence-electron chi connectivity index (χ3n) is 4.24. The molecule has 0 spiro atoms. The van der Waals surface area contributed by atoms with Gasteiger partial charge in [-0.05, 0) is 37.6 Å². The van der Waals surface area contributed by atoms with Crippen LogP contribution in [0.2, 0.25) is 0 Å². The van der Waals surface area contributed by atoms with Crippen molar-refractivity contribution in [1.29, 1.82) is 0 Å². The molecule has 2 atom stereocenters. The fourth-order valence-corrected chi connectivity index (χ4v) is 4.12. The number of aromatic nitrogens is 1. The van der Waals surface area contributed by atoms with Crippen LogP contribution >= 0.6 is 11.3 Å². The van der Waals surface area contributed by atoms with Gasteiger partial charge < -0.3 is 16.0 Å². The number of pyridine rings is 1. The maximum absolute atomic E-state index is 10.8. The quantitative estimate of drug-likeness (QED) is 0.822. The van der Waals surface area contributed by atoms with E-state index in [1.807, 2.05) is 6.07 Å². The van der Waals surface area contributed by atoms with Gasteiger partial charge >= 0.3 is 0 Å². The van der Waals surface area contributed by atoms with Crippen molar-refractivity contribution in [2.75, 3.05) is 31.6 Å². The molecule has 4 rings (SSSR count). The van der Waals surface area contributed by atoms with E-state index in [0.717, 1.165) is 52.7 Å². The first kappa shape index (κ1) is 14.4. The molecule has 2 aromatic rings. The Morgan fingerprint density at radius 3 is 3.10 bits per heavy atom. The second-order valence-electron chi connectivity index (χ2n) is 5.30. The fraction of sp³-hybridized carbons (Fsp3) is 0.467. The predicted molar refractivity (Wildman–Crippen MR) is 87.2 cm³/mol. The standard InChI is InChI=1S/C14H15N3OS.CH5N/c18-8-11-5-9-1-2-13(16-14(9)19-11)17-4-3-10-6-15-7-12(10)17;1-2/h1-2,5,8,10,12,15H,3-4,6-7H2;2H2,1H3. The van der Waals surface area contributed by atoms with Crippen molar-refractivity contribution in [2.24, 2.45) is 11.7 Å². The minimum absolute atomic E-state index is 0.593. The van der Waals surface area contributed by atoms with Crippen molar-refractivity contribution < 1.29 is 4.79 Å². The van der Waals surface area contributed by atoms with Gasteiger partial charge in [-0.2, -0.15) is 0 Å². The van der Waals surface area contributed by atoms with Crippen LogP contribution in [0.25, 0.3) is 10.2 Å². The van der Waals surface area contributed by atoms with Gasteiger partial charge in [0.25, 0.3) is 0 Å². The Morgan fingerprint density at radius 2 is 2.29 bits per heavy atom. The molecule has 2 saturated heterocycles. The average Bonchev–Trinajstić information content (AvgIpc) is 3.22. The molecule has 2 aliphatic heterocycles. The van der Waals surface area contributed by atoms with Gasteiger partial charge in [0.2, 0.25) is 0 Å². The van der Waals surface area contributed by atoms with E-state index >= 15 is 0 Å². The smallest absolute Gasteiger partial charge is 0.160 e. The minimum Gasteiger partial charge on any atom is -0.352 e. The van der Waals surface area contributed by atoms with E-state index in [2.05, 4.69) is 28.1 Å². The van der Waals surface area contributed by atoms with Crippen molar-refractivity contribution in [2.45, 2.75) is 12.5 Å². The Balaban J connectivity index is 0.000000636. The van der Waals surface area contributed by atoms with Crippen LogP contribution in [0.5, 0.6) is 0 Å². The second-order valence-corrected chi connectivity index (χ2v) is 6.36. The molecule has 4 heterocycles. The summed E-state index contributed by atoms with van der Waals surface area (Å²) in [6.07, 6.45) is 2.15. The molecule has 0 amide bonds. The second kappa shape index (κ2) is 6.09. The van der Waals surface area contributed by atoms with Crippen molar-refractivity contribution in [3.05, 3.63) is 23.1 Å². The van der Waals surface area contributed by atoms with Crippen LogP contribution in [0, 0.1) is 5.92 Å². The highest BCUT2D eigenvalue weighted by atomic mass is 32.1. The van der Waals surface area contributed by atoms with Crippen LogP contribution in [0.15, 0.2) is 18.2 Å². The van der Waals surface area contributed by atoms with Crippen LogP contribution < -0.4 is 16.0 Å². The average molecular weight is 304 g/mol. The van der Waals surface area contributed by atoms with Crippen LogP contribution in [-0.2, 0) is 0 Å². The number of nitrogens with one attached hydrogen (secondary N) is 1. The summed E-state index contributed by atoms with van der Waals surface area (Å²) in [5.41, 5.74) is 4.50. The van der Waals surface area contributed by atoms with Gasteiger partial charge in [0.05, 0.1) is 4.88 Å². The largest absolute Gasteiger partial charge is 0.352 e. The molecule has 3 N–H and O–H groups in total. The molecule has 0 aliphatic carbocycles. The van der Waals surface area contributed by atoms with Crippen LogP contribution in [-0.4, -0.2) is 44.0 Å². The molecule has 0 aromatic carbocycles. The number of hydrogen-bond acceptors (Lipinski definition) is 6. The Labute approximate surface area is 128 Å². The van der Waals surface area contributed by atoms with Gasteiger partial charge in [0.15, 0.2) is 6.29 Å². The summed E-state index contributed by atoms with van der Waals surface area (Å²) >= 11 is 1.47. The third-order valence-corrected chi connectivity index (χ3v) is 5.21. The van der Waals surface area contributed by atoms with Gasteiger partial charge in [0, 0.05) is 31.1 Å². The lowest BCUT2D eigenvalue weighted by Gasteiger charge is -2.24. The number of hydrogen-bond donors (Lipinski definition) is 2. The number of carbonyl (C=O) groups excluding carboxylic acids is 1. The number of thiophene rings is 1. The lowest BCUT2D eigenvalue weighted by molar-refractivity contribution is 0.112. The van der Waals surface area contributed by atoms with E-state index in [1.165, 1.54) is 24.8 Å². The summed E-state index contributed by atoms with van der Waals surface area (Å²) in [6, 6.07) is 6.67.